The van der Waals surface area contributed by atoms with Gasteiger partial charge < -0.3 is 19.2 Å². The third kappa shape index (κ3) is 4.93. The molecule has 1 aliphatic rings. The maximum absolute atomic E-state index is 12.4. The molecule has 1 aromatic heterocycles. The van der Waals surface area contributed by atoms with Gasteiger partial charge in [-0.25, -0.2) is 0 Å². The first-order valence-electron chi connectivity index (χ1n) is 8.96. The Balaban J connectivity index is 1.76. The van der Waals surface area contributed by atoms with E-state index in [4.69, 9.17) is 13.9 Å². The van der Waals surface area contributed by atoms with Crippen molar-refractivity contribution in [2.45, 2.75) is 25.2 Å². The van der Waals surface area contributed by atoms with Gasteiger partial charge in [0.2, 0.25) is 5.91 Å². The number of carbonyl (C=O) groups is 1. The molecule has 2 heterocycles. The van der Waals surface area contributed by atoms with Crippen LogP contribution in [0, 0.1) is 10.7 Å². The van der Waals surface area contributed by atoms with E-state index in [0.717, 1.165) is 27.9 Å². The van der Waals surface area contributed by atoms with Crippen molar-refractivity contribution < 1.29 is 18.7 Å². The first-order valence-corrected chi connectivity index (χ1v) is 10.0. The highest BCUT2D eigenvalue weighted by atomic mass is 127. The van der Waals surface area contributed by atoms with Crippen LogP contribution in [0.5, 0.6) is 5.75 Å². The van der Waals surface area contributed by atoms with Crippen molar-refractivity contribution in [2.75, 3.05) is 26.9 Å². The van der Waals surface area contributed by atoms with E-state index in [9.17, 15) is 4.79 Å². The van der Waals surface area contributed by atoms with Crippen LogP contribution in [0.1, 0.15) is 29.7 Å². The summed E-state index contributed by atoms with van der Waals surface area (Å²) in [6, 6.07) is 9.91. The smallest absolute Gasteiger partial charge is 0.244 e. The molecular weight excluding hydrogens is 457 g/mol. The van der Waals surface area contributed by atoms with Crippen LogP contribution in [0.25, 0.3) is 6.08 Å². The van der Waals surface area contributed by atoms with Gasteiger partial charge in [0.15, 0.2) is 3.77 Å². The standard InChI is InChI=1S/C21H24INO4/c1-15-3-6-18(25-2)17(13-15)21(9-11-26-12-10-21)14-23-20(24)8-5-16-4-7-19(22)27-16/h3-8,13H,9-12,14H2,1-2H3,(H,23,24)/b8-5+. The van der Waals surface area contributed by atoms with E-state index in [1.807, 2.05) is 24.3 Å². The Kier molecular flexibility index (Phi) is 6.59. The summed E-state index contributed by atoms with van der Waals surface area (Å²) in [5.41, 5.74) is 2.12. The Morgan fingerprint density at radius 3 is 2.74 bits per heavy atom. The molecule has 0 saturated carbocycles. The molecular formula is C21H24INO4. The van der Waals surface area contributed by atoms with Gasteiger partial charge in [-0.15, -0.1) is 0 Å². The number of methoxy groups -OCH3 is 1. The van der Waals surface area contributed by atoms with Crippen LogP contribution in [0.15, 0.2) is 40.8 Å². The molecule has 1 aliphatic heterocycles. The summed E-state index contributed by atoms with van der Waals surface area (Å²) in [6.07, 6.45) is 4.87. The van der Waals surface area contributed by atoms with Gasteiger partial charge in [-0.3, -0.25) is 4.79 Å². The van der Waals surface area contributed by atoms with Crippen molar-refractivity contribution >= 4 is 34.6 Å². The summed E-state index contributed by atoms with van der Waals surface area (Å²) < 4.78 is 17.4. The van der Waals surface area contributed by atoms with Crippen LogP contribution in [0.3, 0.4) is 0 Å². The molecule has 6 heteroatoms. The van der Waals surface area contributed by atoms with Crippen LogP contribution in [-0.4, -0.2) is 32.8 Å². The number of carbonyl (C=O) groups excluding carboxylic acids is 1. The molecule has 3 rings (SSSR count). The molecule has 1 fully saturated rings. The van der Waals surface area contributed by atoms with E-state index in [0.29, 0.717) is 25.5 Å². The number of aryl methyl sites for hydroxylation is 1. The number of ether oxygens (including phenoxy) is 2. The van der Waals surface area contributed by atoms with Crippen molar-refractivity contribution in [3.8, 4) is 5.75 Å². The Bertz CT molecular complexity index is 821. The highest BCUT2D eigenvalue weighted by Gasteiger charge is 2.37. The van der Waals surface area contributed by atoms with Crippen molar-refractivity contribution in [1.29, 1.82) is 0 Å². The minimum absolute atomic E-state index is 0.140. The number of hydrogen-bond acceptors (Lipinski definition) is 4. The molecule has 5 nitrogen and oxygen atoms in total. The Morgan fingerprint density at radius 1 is 1.30 bits per heavy atom. The van der Waals surface area contributed by atoms with Crippen LogP contribution in [0.4, 0.5) is 0 Å². The molecule has 0 atom stereocenters. The highest BCUT2D eigenvalue weighted by molar-refractivity contribution is 14.1. The number of rotatable bonds is 6. The molecule has 0 spiro atoms. The number of benzene rings is 1. The molecule has 0 unspecified atom stereocenters. The topological polar surface area (TPSA) is 60.7 Å². The minimum Gasteiger partial charge on any atom is -0.496 e. The fraction of sp³-hybridized carbons (Fsp3) is 0.381. The normalized spacial score (nSPS) is 16.4. The monoisotopic (exact) mass is 481 g/mol. The first kappa shape index (κ1) is 19.9. The quantitative estimate of drug-likeness (QED) is 0.499. The van der Waals surface area contributed by atoms with E-state index in [1.54, 1.807) is 13.2 Å². The molecule has 144 valence electrons. The van der Waals surface area contributed by atoms with Gasteiger partial charge in [0.25, 0.3) is 0 Å². The lowest BCUT2D eigenvalue weighted by Crippen LogP contribution is -2.44. The molecule has 0 bridgehead atoms. The van der Waals surface area contributed by atoms with Gasteiger partial charge in [0.1, 0.15) is 11.5 Å². The maximum Gasteiger partial charge on any atom is 0.244 e. The summed E-state index contributed by atoms with van der Waals surface area (Å²) in [5.74, 6) is 1.38. The minimum atomic E-state index is -0.195. The van der Waals surface area contributed by atoms with Crippen molar-refractivity contribution in [3.05, 3.63) is 57.1 Å². The second-order valence-corrected chi connectivity index (χ2v) is 7.85. The zero-order chi connectivity index (χ0) is 19.3. The van der Waals surface area contributed by atoms with Gasteiger partial charge in [-0.2, -0.15) is 0 Å². The SMILES string of the molecule is COc1ccc(C)cc1C1(CNC(=O)/C=C/c2ccc(I)o2)CCOCC1. The van der Waals surface area contributed by atoms with Gasteiger partial charge in [-0.1, -0.05) is 17.7 Å². The van der Waals surface area contributed by atoms with Crippen LogP contribution in [-0.2, 0) is 14.9 Å². The van der Waals surface area contributed by atoms with Crippen molar-refractivity contribution in [3.63, 3.8) is 0 Å². The van der Waals surface area contributed by atoms with E-state index in [1.165, 1.54) is 11.6 Å². The molecule has 0 aliphatic carbocycles. The van der Waals surface area contributed by atoms with Crippen LogP contribution < -0.4 is 10.1 Å². The van der Waals surface area contributed by atoms with Gasteiger partial charge in [0.05, 0.1) is 7.11 Å². The fourth-order valence-corrected chi connectivity index (χ4v) is 3.86. The zero-order valence-electron chi connectivity index (χ0n) is 15.6. The summed E-state index contributed by atoms with van der Waals surface area (Å²) in [7, 11) is 1.69. The summed E-state index contributed by atoms with van der Waals surface area (Å²) in [4.78, 5) is 12.4. The van der Waals surface area contributed by atoms with Crippen molar-refractivity contribution in [2.24, 2.45) is 0 Å². The number of halogens is 1. The molecule has 1 amide bonds. The van der Waals surface area contributed by atoms with Crippen LogP contribution in [0.2, 0.25) is 0 Å². The number of nitrogens with one attached hydrogen (secondary N) is 1. The third-order valence-electron chi connectivity index (χ3n) is 4.97. The van der Waals surface area contributed by atoms with Crippen LogP contribution >= 0.6 is 22.6 Å². The molecule has 1 aromatic carbocycles. The van der Waals surface area contributed by atoms with Gasteiger partial charge in [-0.05, 0) is 66.6 Å². The van der Waals surface area contributed by atoms with Crippen molar-refractivity contribution in [1.82, 2.24) is 5.32 Å². The summed E-state index contributed by atoms with van der Waals surface area (Å²) >= 11 is 2.10. The Labute approximate surface area is 173 Å². The van der Waals surface area contributed by atoms with E-state index in [2.05, 4.69) is 40.9 Å². The predicted octanol–water partition coefficient (Wildman–Crippen LogP) is 4.08. The lowest BCUT2D eigenvalue weighted by atomic mass is 9.73. The van der Waals surface area contributed by atoms with Gasteiger partial charge in [0, 0.05) is 36.8 Å². The average molecular weight is 481 g/mol. The average Bonchev–Trinajstić information content (AvgIpc) is 3.10. The fourth-order valence-electron chi connectivity index (χ4n) is 3.43. The van der Waals surface area contributed by atoms with E-state index >= 15 is 0 Å². The Hall–Kier alpha value is -1.80. The number of amides is 1. The second-order valence-electron chi connectivity index (χ2n) is 6.79. The van der Waals surface area contributed by atoms with E-state index < -0.39 is 0 Å². The molecule has 0 radical (unpaired) electrons. The summed E-state index contributed by atoms with van der Waals surface area (Å²) in [6.45, 7) is 3.96. The van der Waals surface area contributed by atoms with Gasteiger partial charge >= 0.3 is 0 Å². The molecule has 1 saturated heterocycles. The second kappa shape index (κ2) is 8.93. The molecule has 1 N–H and O–H groups in total. The number of furan rings is 1. The largest absolute Gasteiger partial charge is 0.496 e. The summed E-state index contributed by atoms with van der Waals surface area (Å²) in [5, 5.41) is 3.06. The molecule has 27 heavy (non-hydrogen) atoms. The lowest BCUT2D eigenvalue weighted by molar-refractivity contribution is -0.117. The number of hydrogen-bond donors (Lipinski definition) is 1. The molecule has 2 aromatic rings. The lowest BCUT2D eigenvalue weighted by Gasteiger charge is -2.38. The van der Waals surface area contributed by atoms with E-state index in [-0.39, 0.29) is 11.3 Å². The predicted molar refractivity (Wildman–Crippen MR) is 113 cm³/mol. The Morgan fingerprint density at radius 2 is 2.07 bits per heavy atom. The third-order valence-corrected chi connectivity index (χ3v) is 5.55. The zero-order valence-corrected chi connectivity index (χ0v) is 17.7. The first-order chi connectivity index (χ1) is 13.0. The highest BCUT2D eigenvalue weighted by Crippen LogP contribution is 2.40. The maximum atomic E-state index is 12.4.